The Morgan fingerprint density at radius 3 is 2.81 bits per heavy atom. The van der Waals surface area contributed by atoms with Crippen molar-refractivity contribution in [2.24, 2.45) is 0 Å². The van der Waals surface area contributed by atoms with Crippen LogP contribution in [0.3, 0.4) is 0 Å². The van der Waals surface area contributed by atoms with Crippen molar-refractivity contribution in [2.75, 3.05) is 12.9 Å². The molecule has 0 aliphatic carbocycles. The predicted octanol–water partition coefficient (Wildman–Crippen LogP) is 1.89. The number of fused-ring (bicyclic) bond motifs is 1. The average Bonchev–Trinajstić information content (AvgIpc) is 2.91. The molecule has 0 radical (unpaired) electrons. The standard InChI is InChI=1S/C14H13ClFN3O2/c1-18-13(20)7-11(14(18)21)19-10-6-8(16)2-3-9(10)17-12(19)4-5-15/h2-3,6,11H,4-5,7H2,1H3. The highest BCUT2D eigenvalue weighted by Gasteiger charge is 2.39. The smallest absolute Gasteiger partial charge is 0.252 e. The van der Waals surface area contributed by atoms with Crippen LogP contribution in [0.15, 0.2) is 18.2 Å². The van der Waals surface area contributed by atoms with E-state index in [2.05, 4.69) is 4.98 Å². The molecule has 0 spiro atoms. The number of likely N-dealkylation sites (tertiary alicyclic amines) is 1. The Morgan fingerprint density at radius 2 is 2.19 bits per heavy atom. The van der Waals surface area contributed by atoms with Gasteiger partial charge < -0.3 is 4.57 Å². The number of imidazole rings is 1. The zero-order chi connectivity index (χ0) is 15.1. The molecule has 2 heterocycles. The normalized spacial score (nSPS) is 19.0. The van der Waals surface area contributed by atoms with Crippen LogP contribution in [0, 0.1) is 5.82 Å². The van der Waals surface area contributed by atoms with E-state index in [1.165, 1.54) is 19.2 Å². The molecular weight excluding hydrogens is 297 g/mol. The van der Waals surface area contributed by atoms with Gasteiger partial charge in [0.2, 0.25) is 5.91 Å². The van der Waals surface area contributed by atoms with E-state index in [0.29, 0.717) is 29.2 Å². The van der Waals surface area contributed by atoms with Gasteiger partial charge in [0, 0.05) is 19.3 Å². The third-order valence-electron chi connectivity index (χ3n) is 3.71. The number of aryl methyl sites for hydroxylation is 1. The van der Waals surface area contributed by atoms with Crippen LogP contribution in [-0.4, -0.2) is 39.2 Å². The fourth-order valence-electron chi connectivity index (χ4n) is 2.66. The van der Waals surface area contributed by atoms with E-state index in [9.17, 15) is 14.0 Å². The molecule has 3 rings (SSSR count). The van der Waals surface area contributed by atoms with E-state index in [0.717, 1.165) is 4.90 Å². The van der Waals surface area contributed by atoms with Gasteiger partial charge in [-0.1, -0.05) is 0 Å². The number of aromatic nitrogens is 2. The SMILES string of the molecule is CN1C(=O)CC(n2c(CCCl)nc3ccc(F)cc32)C1=O. The highest BCUT2D eigenvalue weighted by atomic mass is 35.5. The van der Waals surface area contributed by atoms with Crippen molar-refractivity contribution in [1.29, 1.82) is 0 Å². The molecule has 1 aliphatic heterocycles. The molecule has 1 unspecified atom stereocenters. The Morgan fingerprint density at radius 1 is 1.43 bits per heavy atom. The van der Waals surface area contributed by atoms with E-state index in [4.69, 9.17) is 11.6 Å². The number of nitrogens with zero attached hydrogens (tertiary/aromatic N) is 3. The molecule has 21 heavy (non-hydrogen) atoms. The van der Waals surface area contributed by atoms with Gasteiger partial charge in [0.25, 0.3) is 5.91 Å². The highest BCUT2D eigenvalue weighted by Crippen LogP contribution is 2.30. The third-order valence-corrected chi connectivity index (χ3v) is 3.90. The molecular formula is C14H13ClFN3O2. The van der Waals surface area contributed by atoms with Crippen LogP contribution >= 0.6 is 11.6 Å². The number of hydrogen-bond acceptors (Lipinski definition) is 3. The Bertz CT molecular complexity index is 743. The molecule has 2 aromatic rings. The minimum atomic E-state index is -0.674. The van der Waals surface area contributed by atoms with Crippen molar-refractivity contribution < 1.29 is 14.0 Å². The number of hydrogen-bond donors (Lipinski definition) is 0. The minimum absolute atomic E-state index is 0.0621. The summed E-state index contributed by atoms with van der Waals surface area (Å²) in [5.41, 5.74) is 1.10. The number of rotatable bonds is 3. The van der Waals surface area contributed by atoms with E-state index in [-0.39, 0.29) is 18.2 Å². The maximum atomic E-state index is 13.5. The van der Waals surface area contributed by atoms with Crippen LogP contribution in [0.25, 0.3) is 11.0 Å². The summed E-state index contributed by atoms with van der Waals surface area (Å²) in [7, 11) is 1.45. The van der Waals surface area contributed by atoms with E-state index in [1.807, 2.05) is 0 Å². The Kier molecular flexibility index (Phi) is 3.41. The molecule has 1 saturated heterocycles. The van der Waals surface area contributed by atoms with Crippen molar-refractivity contribution in [3.05, 3.63) is 29.8 Å². The summed E-state index contributed by atoms with van der Waals surface area (Å²) in [4.78, 5) is 29.5. The third kappa shape index (κ3) is 2.19. The molecule has 1 aromatic heterocycles. The maximum Gasteiger partial charge on any atom is 0.252 e. The lowest BCUT2D eigenvalue weighted by molar-refractivity contribution is -0.137. The molecule has 110 valence electrons. The highest BCUT2D eigenvalue weighted by molar-refractivity contribution is 6.18. The van der Waals surface area contributed by atoms with Gasteiger partial charge in [-0.3, -0.25) is 14.5 Å². The van der Waals surface area contributed by atoms with Gasteiger partial charge in [-0.2, -0.15) is 0 Å². The summed E-state index contributed by atoms with van der Waals surface area (Å²) in [5, 5.41) is 0. The quantitative estimate of drug-likeness (QED) is 0.642. The van der Waals surface area contributed by atoms with Crippen LogP contribution in [-0.2, 0) is 16.0 Å². The first-order valence-electron chi connectivity index (χ1n) is 6.55. The number of carbonyl (C=O) groups is 2. The summed E-state index contributed by atoms with van der Waals surface area (Å²) in [6.45, 7) is 0. The number of likely N-dealkylation sites (N-methyl/N-ethyl adjacent to an activating group) is 1. The molecule has 1 fully saturated rings. The fourth-order valence-corrected chi connectivity index (χ4v) is 2.83. The lowest BCUT2D eigenvalue weighted by Crippen LogP contribution is -2.27. The van der Waals surface area contributed by atoms with Gasteiger partial charge in [0.05, 0.1) is 17.5 Å². The van der Waals surface area contributed by atoms with Gasteiger partial charge in [0.15, 0.2) is 0 Å². The molecule has 0 bridgehead atoms. The second-order valence-electron chi connectivity index (χ2n) is 4.98. The van der Waals surface area contributed by atoms with Crippen molar-refractivity contribution >= 4 is 34.4 Å². The summed E-state index contributed by atoms with van der Waals surface area (Å²) in [6, 6.07) is 3.53. The van der Waals surface area contributed by atoms with Crippen LogP contribution in [0.1, 0.15) is 18.3 Å². The second-order valence-corrected chi connectivity index (χ2v) is 5.36. The van der Waals surface area contributed by atoms with Crippen LogP contribution in [0.5, 0.6) is 0 Å². The van der Waals surface area contributed by atoms with Crippen molar-refractivity contribution in [1.82, 2.24) is 14.5 Å². The van der Waals surface area contributed by atoms with Crippen molar-refractivity contribution in [2.45, 2.75) is 18.9 Å². The minimum Gasteiger partial charge on any atom is -0.315 e. The van der Waals surface area contributed by atoms with E-state index in [1.54, 1.807) is 10.6 Å². The summed E-state index contributed by atoms with van der Waals surface area (Å²) in [5.74, 6) is -0.0473. The lowest BCUT2D eigenvalue weighted by atomic mass is 10.2. The van der Waals surface area contributed by atoms with Crippen LogP contribution in [0.4, 0.5) is 4.39 Å². The first-order chi connectivity index (χ1) is 10.0. The molecule has 1 aromatic carbocycles. The predicted molar refractivity (Wildman–Crippen MR) is 75.5 cm³/mol. The molecule has 0 saturated carbocycles. The monoisotopic (exact) mass is 309 g/mol. The van der Waals surface area contributed by atoms with Gasteiger partial charge >= 0.3 is 0 Å². The summed E-state index contributed by atoms with van der Waals surface area (Å²) in [6.07, 6.45) is 0.506. The Labute approximate surface area is 125 Å². The molecule has 7 heteroatoms. The van der Waals surface area contributed by atoms with Gasteiger partial charge in [0.1, 0.15) is 17.7 Å². The number of halogens is 2. The number of benzene rings is 1. The van der Waals surface area contributed by atoms with Gasteiger partial charge in [-0.15, -0.1) is 11.6 Å². The first kappa shape index (κ1) is 14.0. The second kappa shape index (κ2) is 5.11. The average molecular weight is 310 g/mol. The largest absolute Gasteiger partial charge is 0.315 e. The summed E-state index contributed by atoms with van der Waals surface area (Å²) >= 11 is 5.78. The van der Waals surface area contributed by atoms with Crippen LogP contribution in [0.2, 0.25) is 0 Å². The number of amides is 2. The van der Waals surface area contributed by atoms with E-state index < -0.39 is 11.9 Å². The number of alkyl halides is 1. The molecule has 2 amide bonds. The number of carbonyl (C=O) groups excluding carboxylic acids is 2. The Balaban J connectivity index is 2.19. The lowest BCUT2D eigenvalue weighted by Gasteiger charge is -2.14. The van der Waals surface area contributed by atoms with Crippen molar-refractivity contribution in [3.63, 3.8) is 0 Å². The molecule has 1 atom stereocenters. The maximum absolute atomic E-state index is 13.5. The first-order valence-corrected chi connectivity index (χ1v) is 7.09. The summed E-state index contributed by atoms with van der Waals surface area (Å²) < 4.78 is 15.2. The van der Waals surface area contributed by atoms with Crippen molar-refractivity contribution in [3.8, 4) is 0 Å². The number of imide groups is 1. The van der Waals surface area contributed by atoms with Gasteiger partial charge in [-0.25, -0.2) is 9.37 Å². The zero-order valence-electron chi connectivity index (χ0n) is 11.3. The molecule has 0 N–H and O–H groups in total. The topological polar surface area (TPSA) is 55.2 Å². The van der Waals surface area contributed by atoms with E-state index >= 15 is 0 Å². The molecule has 1 aliphatic rings. The zero-order valence-corrected chi connectivity index (χ0v) is 12.1. The fraction of sp³-hybridized carbons (Fsp3) is 0.357. The van der Waals surface area contributed by atoms with Gasteiger partial charge in [-0.05, 0) is 18.2 Å². The van der Waals surface area contributed by atoms with Crippen LogP contribution < -0.4 is 0 Å². The Hall–Kier alpha value is -1.95. The molecule has 5 nitrogen and oxygen atoms in total.